The first-order valence-electron chi connectivity index (χ1n) is 4.85. The van der Waals surface area contributed by atoms with Gasteiger partial charge >= 0.3 is 0 Å². The first kappa shape index (κ1) is 16.8. The number of rotatable bonds is 6. The summed E-state index contributed by atoms with van der Waals surface area (Å²) in [6.45, 7) is 7.61. The monoisotopic (exact) mass is 227 g/mol. The molecule has 5 nitrogen and oxygen atoms in total. The van der Waals surface area contributed by atoms with Gasteiger partial charge in [-0.25, -0.2) is 0 Å². The highest BCUT2D eigenvalue weighted by Crippen LogP contribution is 2.00. The predicted molar refractivity (Wildman–Crippen MR) is 65.5 cm³/mol. The fourth-order valence-corrected chi connectivity index (χ4v) is 0.732. The highest BCUT2D eigenvalue weighted by Gasteiger charge is 2.00. The van der Waals surface area contributed by atoms with Gasteiger partial charge in [0, 0.05) is 5.57 Å². The Bertz CT molecular complexity index is 260. The maximum atomic E-state index is 10.5. The Morgan fingerprint density at radius 3 is 2.00 bits per heavy atom. The molecule has 0 spiro atoms. The molecule has 0 fully saturated rings. The molecule has 92 valence electrons. The zero-order valence-electron chi connectivity index (χ0n) is 10.0. The van der Waals surface area contributed by atoms with Gasteiger partial charge in [-0.3, -0.25) is 9.59 Å². The van der Waals surface area contributed by atoms with Crippen LogP contribution in [0.25, 0.3) is 0 Å². The summed E-state index contributed by atoms with van der Waals surface area (Å²) in [6, 6.07) is 0. The summed E-state index contributed by atoms with van der Waals surface area (Å²) in [5.74, 6) is -0.867. The lowest BCUT2D eigenvalue weighted by Crippen LogP contribution is -2.16. The summed E-state index contributed by atoms with van der Waals surface area (Å²) in [7, 11) is 3.99. The van der Waals surface area contributed by atoms with E-state index in [-0.39, 0.29) is 5.91 Å². The molecule has 0 saturated carbocycles. The zero-order chi connectivity index (χ0) is 13.1. The van der Waals surface area contributed by atoms with Crippen molar-refractivity contribution in [3.63, 3.8) is 0 Å². The first-order chi connectivity index (χ1) is 7.31. The fraction of sp³-hybridized carbons (Fsp3) is 0.455. The van der Waals surface area contributed by atoms with Gasteiger partial charge in [-0.15, -0.1) is 0 Å². The number of primary amides is 2. The molecule has 0 aromatic carbocycles. The number of nitrogens with two attached hydrogens (primary N) is 2. The topological polar surface area (TPSA) is 89.4 Å². The molecule has 0 aliphatic carbocycles. The van der Waals surface area contributed by atoms with Crippen LogP contribution in [0.15, 0.2) is 24.8 Å². The van der Waals surface area contributed by atoms with Gasteiger partial charge in [-0.05, 0) is 39.6 Å². The smallest absolute Gasteiger partial charge is 0.244 e. The number of carbonyl (C=O) groups excluding carboxylic acids is 2. The molecule has 0 rings (SSSR count). The van der Waals surface area contributed by atoms with Crippen molar-refractivity contribution in [3.8, 4) is 0 Å². The van der Waals surface area contributed by atoms with Crippen LogP contribution in [-0.2, 0) is 9.59 Å². The third-order valence-corrected chi connectivity index (χ3v) is 1.63. The molecular formula is C11H21N3O2. The second-order valence-corrected chi connectivity index (χ2v) is 3.48. The molecule has 4 N–H and O–H groups in total. The Balaban J connectivity index is 0. The highest BCUT2D eigenvalue weighted by molar-refractivity contribution is 5.91. The van der Waals surface area contributed by atoms with Gasteiger partial charge in [0.25, 0.3) is 0 Å². The van der Waals surface area contributed by atoms with E-state index >= 15 is 0 Å². The van der Waals surface area contributed by atoms with Crippen molar-refractivity contribution >= 4 is 11.8 Å². The van der Waals surface area contributed by atoms with Crippen molar-refractivity contribution in [1.29, 1.82) is 0 Å². The number of carbonyl (C=O) groups is 2. The van der Waals surface area contributed by atoms with E-state index in [9.17, 15) is 9.59 Å². The lowest BCUT2D eigenvalue weighted by Gasteiger charge is -2.08. The predicted octanol–water partition coefficient (Wildman–Crippen LogP) is 0.0274. The van der Waals surface area contributed by atoms with E-state index in [1.807, 2.05) is 14.1 Å². The minimum atomic E-state index is -0.481. The summed E-state index contributed by atoms with van der Waals surface area (Å²) in [6.07, 6.45) is 2.70. The second-order valence-electron chi connectivity index (χ2n) is 3.48. The van der Waals surface area contributed by atoms with Crippen LogP contribution in [0.4, 0.5) is 0 Å². The maximum absolute atomic E-state index is 10.5. The number of hydrogen-bond acceptors (Lipinski definition) is 3. The van der Waals surface area contributed by atoms with Crippen LogP contribution in [0.1, 0.15) is 12.8 Å². The molecule has 0 aromatic heterocycles. The third kappa shape index (κ3) is 14.9. The van der Waals surface area contributed by atoms with Crippen LogP contribution in [0, 0.1) is 0 Å². The molecule has 0 aliphatic rings. The fourth-order valence-electron chi connectivity index (χ4n) is 0.732. The van der Waals surface area contributed by atoms with Gasteiger partial charge < -0.3 is 16.4 Å². The Kier molecular flexibility index (Phi) is 10.4. The molecule has 0 bridgehead atoms. The largest absolute Gasteiger partial charge is 0.366 e. The van der Waals surface area contributed by atoms with Gasteiger partial charge in [0.1, 0.15) is 0 Å². The molecule has 0 saturated heterocycles. The average Bonchev–Trinajstić information content (AvgIpc) is 2.17. The maximum Gasteiger partial charge on any atom is 0.244 e. The summed E-state index contributed by atoms with van der Waals surface area (Å²) in [5.41, 5.74) is 10.1. The lowest BCUT2D eigenvalue weighted by atomic mass is 10.1. The van der Waals surface area contributed by atoms with E-state index in [0.29, 0.717) is 12.0 Å². The zero-order valence-corrected chi connectivity index (χ0v) is 10.0. The Morgan fingerprint density at radius 1 is 1.31 bits per heavy atom. The molecule has 16 heavy (non-hydrogen) atoms. The SMILES string of the molecule is C=C(CCCN(C)C)C(N)=O.C=CC(N)=O. The van der Waals surface area contributed by atoms with Crippen LogP contribution < -0.4 is 11.5 Å². The van der Waals surface area contributed by atoms with E-state index in [1.165, 1.54) is 0 Å². The summed E-state index contributed by atoms with van der Waals surface area (Å²) in [4.78, 5) is 22.0. The summed E-state index contributed by atoms with van der Waals surface area (Å²) >= 11 is 0. The highest BCUT2D eigenvalue weighted by atomic mass is 16.1. The average molecular weight is 227 g/mol. The van der Waals surface area contributed by atoms with Crippen LogP contribution in [0.5, 0.6) is 0 Å². The molecule has 5 heteroatoms. The quantitative estimate of drug-likeness (QED) is 0.627. The Hall–Kier alpha value is -1.62. The van der Waals surface area contributed by atoms with Crippen molar-refractivity contribution in [1.82, 2.24) is 4.90 Å². The number of amides is 2. The van der Waals surface area contributed by atoms with E-state index in [0.717, 1.165) is 19.0 Å². The Morgan fingerprint density at radius 2 is 1.75 bits per heavy atom. The minimum absolute atomic E-state index is 0.385. The molecule has 0 aromatic rings. The van der Waals surface area contributed by atoms with E-state index in [1.54, 1.807) is 0 Å². The molecule has 0 aliphatic heterocycles. The molecular weight excluding hydrogens is 206 g/mol. The van der Waals surface area contributed by atoms with Crippen molar-refractivity contribution < 1.29 is 9.59 Å². The summed E-state index contributed by atoms with van der Waals surface area (Å²) < 4.78 is 0. The van der Waals surface area contributed by atoms with Crippen LogP contribution in [0.3, 0.4) is 0 Å². The van der Waals surface area contributed by atoms with E-state index in [2.05, 4.69) is 23.8 Å². The van der Waals surface area contributed by atoms with Crippen molar-refractivity contribution in [2.75, 3.05) is 20.6 Å². The molecule has 0 heterocycles. The van der Waals surface area contributed by atoms with Crippen molar-refractivity contribution in [2.45, 2.75) is 12.8 Å². The molecule has 0 radical (unpaired) electrons. The first-order valence-corrected chi connectivity index (χ1v) is 4.85. The molecule has 2 amide bonds. The van der Waals surface area contributed by atoms with E-state index < -0.39 is 5.91 Å². The van der Waals surface area contributed by atoms with Crippen LogP contribution in [0.2, 0.25) is 0 Å². The lowest BCUT2D eigenvalue weighted by molar-refractivity contribution is -0.115. The van der Waals surface area contributed by atoms with Gasteiger partial charge in [0.15, 0.2) is 0 Å². The summed E-state index contributed by atoms with van der Waals surface area (Å²) in [5, 5.41) is 0. The van der Waals surface area contributed by atoms with Gasteiger partial charge in [-0.2, -0.15) is 0 Å². The molecule has 0 atom stereocenters. The number of hydrogen-bond donors (Lipinski definition) is 2. The normalized spacial score (nSPS) is 8.94. The molecule has 0 unspecified atom stereocenters. The van der Waals surface area contributed by atoms with Crippen molar-refractivity contribution in [3.05, 3.63) is 24.8 Å². The van der Waals surface area contributed by atoms with Gasteiger partial charge in [0.2, 0.25) is 11.8 Å². The third-order valence-electron chi connectivity index (χ3n) is 1.63. The van der Waals surface area contributed by atoms with E-state index in [4.69, 9.17) is 5.73 Å². The number of nitrogens with zero attached hydrogens (tertiary/aromatic N) is 1. The van der Waals surface area contributed by atoms with Crippen LogP contribution >= 0.6 is 0 Å². The minimum Gasteiger partial charge on any atom is -0.366 e. The second kappa shape index (κ2) is 9.92. The van der Waals surface area contributed by atoms with Crippen molar-refractivity contribution in [2.24, 2.45) is 11.5 Å². The Labute approximate surface area is 96.8 Å². The van der Waals surface area contributed by atoms with Crippen LogP contribution in [-0.4, -0.2) is 37.4 Å². The van der Waals surface area contributed by atoms with Gasteiger partial charge in [-0.1, -0.05) is 13.2 Å². The van der Waals surface area contributed by atoms with Gasteiger partial charge in [0.05, 0.1) is 0 Å². The standard InChI is InChI=1S/C8H16N2O.C3H5NO/c1-7(8(9)11)5-4-6-10(2)3;1-2-3(4)5/h1,4-6H2,2-3H3,(H2,9,11);2H,1H2,(H2,4,5).